The van der Waals surface area contributed by atoms with Gasteiger partial charge in [0.15, 0.2) is 0 Å². The highest BCUT2D eigenvalue weighted by Crippen LogP contribution is 2.25. The Bertz CT molecular complexity index is 386. The Morgan fingerprint density at radius 3 is 2.67 bits per heavy atom. The van der Waals surface area contributed by atoms with Gasteiger partial charge in [-0.3, -0.25) is 9.59 Å². The molecule has 1 heterocycles. The first-order valence-electron chi connectivity index (χ1n) is 7.57. The van der Waals surface area contributed by atoms with Crippen molar-refractivity contribution in [2.75, 3.05) is 13.1 Å². The van der Waals surface area contributed by atoms with E-state index in [-0.39, 0.29) is 5.91 Å². The molecule has 120 valence electrons. The maximum atomic E-state index is 12.0. The number of primary amides is 2. The van der Waals surface area contributed by atoms with Crippen LogP contribution < -0.4 is 16.8 Å². The molecule has 1 rings (SSSR count). The molecule has 0 aromatic carbocycles. The molecule has 0 aliphatic carbocycles. The Balaban J connectivity index is 2.44. The Labute approximate surface area is 125 Å². The largest absolute Gasteiger partial charge is 0.368 e. The quantitative estimate of drug-likeness (QED) is 0.532. The molecular weight excluding hydrogens is 272 g/mol. The fourth-order valence-electron chi connectivity index (χ4n) is 2.84. The molecule has 2 unspecified atom stereocenters. The topological polar surface area (TPSA) is 119 Å². The molecule has 0 aromatic rings. The predicted octanol–water partition coefficient (Wildman–Crippen LogP) is 0.328. The van der Waals surface area contributed by atoms with E-state index in [1.54, 1.807) is 4.90 Å². The van der Waals surface area contributed by atoms with Crippen molar-refractivity contribution in [1.29, 1.82) is 0 Å². The number of carbonyl (C=O) groups excluding carboxylic acids is 3. The maximum Gasteiger partial charge on any atom is 0.312 e. The minimum Gasteiger partial charge on any atom is -0.368 e. The lowest BCUT2D eigenvalue weighted by molar-refractivity contribution is -0.136. The first-order chi connectivity index (χ1) is 9.95. The maximum absolute atomic E-state index is 12.0. The first-order valence-corrected chi connectivity index (χ1v) is 7.57. The Kier molecular flexibility index (Phi) is 6.98. The summed E-state index contributed by atoms with van der Waals surface area (Å²) in [6.45, 7) is 3.18. The minimum atomic E-state index is -0.557. The van der Waals surface area contributed by atoms with Gasteiger partial charge < -0.3 is 21.7 Å². The summed E-state index contributed by atoms with van der Waals surface area (Å²) in [5.74, 6) is -0.100. The van der Waals surface area contributed by atoms with Gasteiger partial charge in [-0.1, -0.05) is 13.3 Å². The van der Waals surface area contributed by atoms with Crippen LogP contribution in [-0.2, 0) is 9.59 Å². The molecule has 1 saturated heterocycles. The van der Waals surface area contributed by atoms with Crippen LogP contribution in [0, 0.1) is 5.92 Å². The standard InChI is InChI=1S/C14H26N4O3/c1-2-5-10-8-12(19)18(9-10)11(13(15)20)6-3-4-7-17-14(16)21/h10-11H,2-9H2,1H3,(H2,15,20)(H3,16,17,21). The first kappa shape index (κ1) is 17.3. The minimum absolute atomic E-state index is 0.0208. The van der Waals surface area contributed by atoms with Crippen molar-refractivity contribution < 1.29 is 14.4 Å². The second-order valence-electron chi connectivity index (χ2n) is 5.61. The lowest BCUT2D eigenvalue weighted by Crippen LogP contribution is -2.45. The summed E-state index contributed by atoms with van der Waals surface area (Å²) in [6, 6.07) is -1.09. The summed E-state index contributed by atoms with van der Waals surface area (Å²) in [5.41, 5.74) is 10.4. The summed E-state index contributed by atoms with van der Waals surface area (Å²) in [5, 5.41) is 2.49. The van der Waals surface area contributed by atoms with E-state index < -0.39 is 18.0 Å². The molecule has 4 amide bonds. The van der Waals surface area contributed by atoms with Crippen molar-refractivity contribution in [2.24, 2.45) is 17.4 Å². The molecular formula is C14H26N4O3. The molecule has 7 heteroatoms. The highest BCUT2D eigenvalue weighted by atomic mass is 16.2. The number of likely N-dealkylation sites (tertiary alicyclic amines) is 1. The number of hydrogen-bond acceptors (Lipinski definition) is 3. The third kappa shape index (κ3) is 5.61. The van der Waals surface area contributed by atoms with E-state index in [2.05, 4.69) is 12.2 Å². The van der Waals surface area contributed by atoms with E-state index >= 15 is 0 Å². The van der Waals surface area contributed by atoms with Gasteiger partial charge in [0.1, 0.15) is 6.04 Å². The summed E-state index contributed by atoms with van der Waals surface area (Å²) in [6.07, 6.45) is 4.48. The van der Waals surface area contributed by atoms with E-state index in [1.165, 1.54) is 0 Å². The molecule has 0 bridgehead atoms. The molecule has 7 nitrogen and oxygen atoms in total. The van der Waals surface area contributed by atoms with Gasteiger partial charge in [-0.25, -0.2) is 4.79 Å². The van der Waals surface area contributed by atoms with Crippen molar-refractivity contribution in [2.45, 2.75) is 51.5 Å². The lowest BCUT2D eigenvalue weighted by Gasteiger charge is -2.25. The summed E-state index contributed by atoms with van der Waals surface area (Å²) in [7, 11) is 0. The third-order valence-electron chi connectivity index (χ3n) is 3.84. The number of urea groups is 1. The molecule has 1 aliphatic rings. The smallest absolute Gasteiger partial charge is 0.312 e. The number of nitrogens with zero attached hydrogens (tertiary/aromatic N) is 1. The number of nitrogens with one attached hydrogen (secondary N) is 1. The van der Waals surface area contributed by atoms with E-state index in [1.807, 2.05) is 0 Å². The van der Waals surface area contributed by atoms with Crippen molar-refractivity contribution in [1.82, 2.24) is 10.2 Å². The van der Waals surface area contributed by atoms with Gasteiger partial charge in [0, 0.05) is 19.5 Å². The number of unbranched alkanes of at least 4 members (excludes halogenated alkanes) is 1. The molecule has 0 radical (unpaired) electrons. The zero-order valence-corrected chi connectivity index (χ0v) is 12.6. The Morgan fingerprint density at radius 2 is 2.10 bits per heavy atom. The second kappa shape index (κ2) is 8.49. The number of nitrogens with two attached hydrogens (primary N) is 2. The average Bonchev–Trinajstić information content (AvgIpc) is 2.74. The molecule has 1 aliphatic heterocycles. The van der Waals surface area contributed by atoms with E-state index in [4.69, 9.17) is 11.5 Å². The van der Waals surface area contributed by atoms with Gasteiger partial charge in [-0.2, -0.15) is 0 Å². The number of amides is 4. The zero-order chi connectivity index (χ0) is 15.8. The molecule has 5 N–H and O–H groups in total. The summed E-state index contributed by atoms with van der Waals surface area (Å²) >= 11 is 0. The SMILES string of the molecule is CCCC1CC(=O)N(C(CCCCNC(N)=O)C(N)=O)C1. The zero-order valence-electron chi connectivity index (χ0n) is 12.6. The van der Waals surface area contributed by atoms with E-state index in [0.717, 1.165) is 12.8 Å². The molecule has 1 fully saturated rings. The molecule has 21 heavy (non-hydrogen) atoms. The third-order valence-corrected chi connectivity index (χ3v) is 3.84. The lowest BCUT2D eigenvalue weighted by atomic mass is 10.0. The van der Waals surface area contributed by atoms with Gasteiger partial charge in [0.25, 0.3) is 0 Å². The fourth-order valence-corrected chi connectivity index (χ4v) is 2.84. The van der Waals surface area contributed by atoms with Crippen LogP contribution in [0.15, 0.2) is 0 Å². The molecule has 0 aromatic heterocycles. The predicted molar refractivity (Wildman–Crippen MR) is 79.1 cm³/mol. The van der Waals surface area contributed by atoms with Crippen LogP contribution in [0.4, 0.5) is 4.79 Å². The van der Waals surface area contributed by atoms with Crippen LogP contribution in [-0.4, -0.2) is 41.9 Å². The average molecular weight is 298 g/mol. The second-order valence-corrected chi connectivity index (χ2v) is 5.61. The van der Waals surface area contributed by atoms with Crippen LogP contribution in [0.2, 0.25) is 0 Å². The molecule has 0 spiro atoms. The normalized spacial score (nSPS) is 19.6. The fraction of sp³-hybridized carbons (Fsp3) is 0.786. The van der Waals surface area contributed by atoms with Crippen LogP contribution >= 0.6 is 0 Å². The van der Waals surface area contributed by atoms with Gasteiger partial charge in [-0.15, -0.1) is 0 Å². The van der Waals surface area contributed by atoms with Crippen LogP contribution in [0.1, 0.15) is 45.4 Å². The van der Waals surface area contributed by atoms with Crippen molar-refractivity contribution in [3.8, 4) is 0 Å². The van der Waals surface area contributed by atoms with E-state index in [9.17, 15) is 14.4 Å². The van der Waals surface area contributed by atoms with Crippen molar-refractivity contribution >= 4 is 17.8 Å². The van der Waals surface area contributed by atoms with Crippen LogP contribution in [0.3, 0.4) is 0 Å². The monoisotopic (exact) mass is 298 g/mol. The highest BCUT2D eigenvalue weighted by molar-refractivity contribution is 5.87. The van der Waals surface area contributed by atoms with Crippen LogP contribution in [0.5, 0.6) is 0 Å². The van der Waals surface area contributed by atoms with Gasteiger partial charge in [0.05, 0.1) is 0 Å². The Morgan fingerprint density at radius 1 is 1.38 bits per heavy atom. The molecule has 0 saturated carbocycles. The van der Waals surface area contributed by atoms with Gasteiger partial charge in [0.2, 0.25) is 11.8 Å². The molecule has 2 atom stereocenters. The number of carbonyl (C=O) groups is 3. The van der Waals surface area contributed by atoms with E-state index in [0.29, 0.717) is 44.7 Å². The highest BCUT2D eigenvalue weighted by Gasteiger charge is 2.35. The van der Waals surface area contributed by atoms with Crippen molar-refractivity contribution in [3.05, 3.63) is 0 Å². The van der Waals surface area contributed by atoms with Crippen molar-refractivity contribution in [3.63, 3.8) is 0 Å². The van der Waals surface area contributed by atoms with Gasteiger partial charge >= 0.3 is 6.03 Å². The van der Waals surface area contributed by atoms with Gasteiger partial charge in [-0.05, 0) is 31.6 Å². The Hall–Kier alpha value is -1.79. The van der Waals surface area contributed by atoms with Crippen LogP contribution in [0.25, 0.3) is 0 Å². The number of rotatable bonds is 9. The summed E-state index contributed by atoms with van der Waals surface area (Å²) in [4.78, 5) is 35.8. The number of hydrogen-bond donors (Lipinski definition) is 3. The summed E-state index contributed by atoms with van der Waals surface area (Å²) < 4.78 is 0.